The standard InChI is InChI=1S/C15H17BrClNO4/c1-9-6-18(7-10(2)22-9)14(19)8-21-15(20)12-5-11(16)3-4-13(12)17/h3-5,9-10H,6-8H2,1-2H3/t9-,10-/m1/s1. The summed E-state index contributed by atoms with van der Waals surface area (Å²) in [7, 11) is 0. The number of esters is 1. The molecule has 1 aromatic carbocycles. The number of carbonyl (C=O) groups excluding carboxylic acids is 2. The van der Waals surface area contributed by atoms with Crippen LogP contribution in [-0.4, -0.2) is 48.7 Å². The van der Waals surface area contributed by atoms with Gasteiger partial charge in [0.2, 0.25) is 0 Å². The molecule has 0 saturated carbocycles. The van der Waals surface area contributed by atoms with Crippen LogP contribution in [0.1, 0.15) is 24.2 Å². The number of halogens is 2. The van der Waals surface area contributed by atoms with Crippen LogP contribution in [0.15, 0.2) is 22.7 Å². The summed E-state index contributed by atoms with van der Waals surface area (Å²) in [5.41, 5.74) is 0.229. The third-order valence-electron chi connectivity index (χ3n) is 3.25. The Balaban J connectivity index is 1.93. The fourth-order valence-corrected chi connectivity index (χ4v) is 2.89. The zero-order valence-corrected chi connectivity index (χ0v) is 14.7. The lowest BCUT2D eigenvalue weighted by Crippen LogP contribution is -2.49. The largest absolute Gasteiger partial charge is 0.452 e. The summed E-state index contributed by atoms with van der Waals surface area (Å²) in [5.74, 6) is -0.851. The van der Waals surface area contributed by atoms with Crippen LogP contribution in [0.2, 0.25) is 5.02 Å². The smallest absolute Gasteiger partial charge is 0.340 e. The summed E-state index contributed by atoms with van der Waals surface area (Å²) in [6.07, 6.45) is -0.0501. The Labute approximate surface area is 142 Å². The van der Waals surface area contributed by atoms with E-state index in [4.69, 9.17) is 21.1 Å². The molecule has 22 heavy (non-hydrogen) atoms. The molecule has 1 heterocycles. The minimum Gasteiger partial charge on any atom is -0.452 e. The second-order valence-electron chi connectivity index (χ2n) is 5.26. The van der Waals surface area contributed by atoms with Crippen LogP contribution in [0.5, 0.6) is 0 Å². The number of ether oxygens (including phenoxy) is 2. The van der Waals surface area contributed by atoms with E-state index in [2.05, 4.69) is 15.9 Å². The number of morpholine rings is 1. The predicted molar refractivity (Wildman–Crippen MR) is 86.0 cm³/mol. The maximum atomic E-state index is 12.1. The lowest BCUT2D eigenvalue weighted by atomic mass is 10.2. The van der Waals surface area contributed by atoms with Gasteiger partial charge < -0.3 is 14.4 Å². The molecule has 1 aliphatic rings. The summed E-state index contributed by atoms with van der Waals surface area (Å²) >= 11 is 9.22. The highest BCUT2D eigenvalue weighted by Gasteiger charge is 2.26. The fraction of sp³-hybridized carbons (Fsp3) is 0.467. The number of rotatable bonds is 3. The Morgan fingerprint density at radius 1 is 1.36 bits per heavy atom. The molecular formula is C15H17BrClNO4. The van der Waals surface area contributed by atoms with Gasteiger partial charge in [-0.15, -0.1) is 0 Å². The lowest BCUT2D eigenvalue weighted by Gasteiger charge is -2.35. The van der Waals surface area contributed by atoms with Crippen molar-refractivity contribution in [3.8, 4) is 0 Å². The quantitative estimate of drug-likeness (QED) is 0.745. The molecule has 2 rings (SSSR count). The molecule has 0 unspecified atom stereocenters. The molecule has 7 heteroatoms. The fourth-order valence-electron chi connectivity index (χ4n) is 2.33. The van der Waals surface area contributed by atoms with Gasteiger partial charge in [0.25, 0.3) is 5.91 Å². The van der Waals surface area contributed by atoms with Gasteiger partial charge in [-0.05, 0) is 32.0 Å². The van der Waals surface area contributed by atoms with Gasteiger partial charge >= 0.3 is 5.97 Å². The molecule has 0 spiro atoms. The Kier molecular flexibility index (Phi) is 5.83. The van der Waals surface area contributed by atoms with Crippen molar-refractivity contribution >= 4 is 39.4 Å². The van der Waals surface area contributed by atoms with Gasteiger partial charge in [-0.3, -0.25) is 4.79 Å². The average Bonchev–Trinajstić information content (AvgIpc) is 2.45. The van der Waals surface area contributed by atoms with Crippen molar-refractivity contribution in [2.45, 2.75) is 26.1 Å². The Morgan fingerprint density at radius 3 is 2.64 bits per heavy atom. The highest BCUT2D eigenvalue weighted by Crippen LogP contribution is 2.21. The van der Waals surface area contributed by atoms with E-state index >= 15 is 0 Å². The number of benzene rings is 1. The molecule has 0 radical (unpaired) electrons. The molecule has 0 aliphatic carbocycles. The molecule has 2 atom stereocenters. The number of hydrogen-bond acceptors (Lipinski definition) is 4. The molecule has 1 saturated heterocycles. The van der Waals surface area contributed by atoms with Crippen molar-refractivity contribution in [3.63, 3.8) is 0 Å². The molecule has 5 nitrogen and oxygen atoms in total. The van der Waals surface area contributed by atoms with Crippen molar-refractivity contribution in [2.24, 2.45) is 0 Å². The lowest BCUT2D eigenvalue weighted by molar-refractivity contribution is -0.146. The Hall–Kier alpha value is -1.11. The van der Waals surface area contributed by atoms with Crippen LogP contribution < -0.4 is 0 Å². The second-order valence-corrected chi connectivity index (χ2v) is 6.58. The summed E-state index contributed by atoms with van der Waals surface area (Å²) in [4.78, 5) is 25.8. The summed E-state index contributed by atoms with van der Waals surface area (Å²) in [5, 5.41) is 0.286. The second kappa shape index (κ2) is 7.44. The molecule has 1 fully saturated rings. The summed E-state index contributed by atoms with van der Waals surface area (Å²) < 4.78 is 11.4. The van der Waals surface area contributed by atoms with E-state index in [-0.39, 0.29) is 35.3 Å². The summed E-state index contributed by atoms with van der Waals surface area (Å²) in [6, 6.07) is 4.88. The average molecular weight is 391 g/mol. The number of nitrogens with zero attached hydrogens (tertiary/aromatic N) is 1. The highest BCUT2D eigenvalue weighted by molar-refractivity contribution is 9.10. The topological polar surface area (TPSA) is 55.8 Å². The van der Waals surface area contributed by atoms with Crippen LogP contribution in [0.4, 0.5) is 0 Å². The van der Waals surface area contributed by atoms with Crippen LogP contribution in [0.25, 0.3) is 0 Å². The molecule has 120 valence electrons. The third-order valence-corrected chi connectivity index (χ3v) is 4.07. The van der Waals surface area contributed by atoms with E-state index in [0.717, 1.165) is 0 Å². The van der Waals surface area contributed by atoms with Gasteiger partial charge in [-0.2, -0.15) is 0 Å². The first kappa shape index (κ1) is 17.2. The SMILES string of the molecule is C[C@@H]1CN(C(=O)COC(=O)c2cc(Br)ccc2Cl)C[C@@H](C)O1. The van der Waals surface area contributed by atoms with E-state index in [9.17, 15) is 9.59 Å². The minimum atomic E-state index is -0.617. The number of amides is 1. The maximum absolute atomic E-state index is 12.1. The van der Waals surface area contributed by atoms with E-state index in [1.165, 1.54) is 0 Å². The molecule has 1 aromatic rings. The maximum Gasteiger partial charge on any atom is 0.340 e. The van der Waals surface area contributed by atoms with Crippen LogP contribution in [0, 0.1) is 0 Å². The molecule has 0 aromatic heterocycles. The third kappa shape index (κ3) is 4.44. The molecule has 0 N–H and O–H groups in total. The minimum absolute atomic E-state index is 0.0251. The highest BCUT2D eigenvalue weighted by atomic mass is 79.9. The van der Waals surface area contributed by atoms with Gasteiger partial charge in [0.05, 0.1) is 22.8 Å². The zero-order valence-electron chi connectivity index (χ0n) is 12.3. The van der Waals surface area contributed by atoms with Gasteiger partial charge in [-0.1, -0.05) is 27.5 Å². The molecule has 0 bridgehead atoms. The van der Waals surface area contributed by atoms with Gasteiger partial charge in [-0.25, -0.2) is 4.79 Å². The number of hydrogen-bond donors (Lipinski definition) is 0. The van der Waals surface area contributed by atoms with E-state index < -0.39 is 5.97 Å². The van der Waals surface area contributed by atoms with E-state index in [1.54, 1.807) is 23.1 Å². The first-order valence-corrected chi connectivity index (χ1v) is 8.09. The predicted octanol–water partition coefficient (Wildman–Crippen LogP) is 2.90. The van der Waals surface area contributed by atoms with E-state index in [1.807, 2.05) is 13.8 Å². The van der Waals surface area contributed by atoms with Gasteiger partial charge in [0, 0.05) is 17.6 Å². The molecule has 1 amide bonds. The van der Waals surface area contributed by atoms with Crippen molar-refractivity contribution in [3.05, 3.63) is 33.3 Å². The van der Waals surface area contributed by atoms with E-state index in [0.29, 0.717) is 17.6 Å². The first-order valence-electron chi connectivity index (χ1n) is 6.92. The van der Waals surface area contributed by atoms with Gasteiger partial charge in [0.1, 0.15) is 0 Å². The summed E-state index contributed by atoms with van der Waals surface area (Å²) in [6.45, 7) is 4.50. The monoisotopic (exact) mass is 389 g/mol. The normalized spacial score (nSPS) is 21.5. The Bertz CT molecular complexity index is 571. The van der Waals surface area contributed by atoms with Crippen LogP contribution in [0.3, 0.4) is 0 Å². The first-order chi connectivity index (χ1) is 10.4. The van der Waals surface area contributed by atoms with Crippen LogP contribution in [-0.2, 0) is 14.3 Å². The Morgan fingerprint density at radius 2 is 2.00 bits per heavy atom. The van der Waals surface area contributed by atoms with Crippen molar-refractivity contribution in [1.29, 1.82) is 0 Å². The zero-order chi connectivity index (χ0) is 16.3. The van der Waals surface area contributed by atoms with Gasteiger partial charge in [0.15, 0.2) is 6.61 Å². The van der Waals surface area contributed by atoms with Crippen molar-refractivity contribution in [2.75, 3.05) is 19.7 Å². The van der Waals surface area contributed by atoms with Crippen molar-refractivity contribution in [1.82, 2.24) is 4.90 Å². The number of carbonyl (C=O) groups is 2. The molecular weight excluding hydrogens is 374 g/mol. The molecule has 1 aliphatic heterocycles. The van der Waals surface area contributed by atoms with Crippen molar-refractivity contribution < 1.29 is 19.1 Å². The van der Waals surface area contributed by atoms with Crippen LogP contribution >= 0.6 is 27.5 Å².